The van der Waals surface area contributed by atoms with Gasteiger partial charge < -0.3 is 10.0 Å². The van der Waals surface area contributed by atoms with E-state index in [1.54, 1.807) is 4.90 Å². The Balaban J connectivity index is 2.19. The second-order valence-electron chi connectivity index (χ2n) is 5.44. The van der Waals surface area contributed by atoms with E-state index < -0.39 is 0 Å². The quantitative estimate of drug-likeness (QED) is 0.814. The van der Waals surface area contributed by atoms with E-state index in [1.807, 2.05) is 6.92 Å². The molecular formula is C15H23N3O3. The summed E-state index contributed by atoms with van der Waals surface area (Å²) in [4.78, 5) is 26.1. The zero-order valence-corrected chi connectivity index (χ0v) is 12.5. The molecule has 0 aromatic carbocycles. The van der Waals surface area contributed by atoms with Crippen LogP contribution in [0.15, 0.2) is 16.9 Å². The lowest BCUT2D eigenvalue weighted by Gasteiger charge is -2.37. The fourth-order valence-corrected chi connectivity index (χ4v) is 2.47. The van der Waals surface area contributed by atoms with Crippen LogP contribution in [0.3, 0.4) is 0 Å². The molecule has 2 rings (SSSR count). The van der Waals surface area contributed by atoms with Crippen molar-refractivity contribution < 1.29 is 9.90 Å². The zero-order chi connectivity index (χ0) is 15.2. The summed E-state index contributed by atoms with van der Waals surface area (Å²) in [7, 11) is 0. The fourth-order valence-electron chi connectivity index (χ4n) is 2.47. The number of aryl methyl sites for hydroxylation is 1. The van der Waals surface area contributed by atoms with Crippen molar-refractivity contribution in [2.24, 2.45) is 0 Å². The van der Waals surface area contributed by atoms with Gasteiger partial charge in [0.1, 0.15) is 5.69 Å². The maximum atomic E-state index is 12.6. The Labute approximate surface area is 124 Å². The fraction of sp³-hybridized carbons (Fsp3) is 0.667. The SMILES string of the molecule is CCCn1nc(C(=O)N(CCCO)C2CCC2)ccc1=O. The van der Waals surface area contributed by atoms with Crippen LogP contribution in [-0.2, 0) is 6.54 Å². The maximum Gasteiger partial charge on any atom is 0.274 e. The van der Waals surface area contributed by atoms with Gasteiger partial charge in [0, 0.05) is 31.8 Å². The molecule has 6 nitrogen and oxygen atoms in total. The van der Waals surface area contributed by atoms with Crippen molar-refractivity contribution in [1.82, 2.24) is 14.7 Å². The van der Waals surface area contributed by atoms with Gasteiger partial charge in [0.05, 0.1) is 0 Å². The Bertz CT molecular complexity index is 537. The second kappa shape index (κ2) is 7.36. The lowest BCUT2D eigenvalue weighted by Crippen LogP contribution is -2.45. The van der Waals surface area contributed by atoms with Gasteiger partial charge >= 0.3 is 0 Å². The van der Waals surface area contributed by atoms with Crippen molar-refractivity contribution in [2.45, 2.75) is 51.6 Å². The topological polar surface area (TPSA) is 75.4 Å². The second-order valence-corrected chi connectivity index (χ2v) is 5.44. The van der Waals surface area contributed by atoms with E-state index in [0.717, 1.165) is 25.7 Å². The van der Waals surface area contributed by atoms with Gasteiger partial charge in [0.15, 0.2) is 0 Å². The zero-order valence-electron chi connectivity index (χ0n) is 12.5. The Kier molecular flexibility index (Phi) is 5.50. The third-order valence-electron chi connectivity index (χ3n) is 3.85. The number of amides is 1. The first-order valence-corrected chi connectivity index (χ1v) is 7.67. The van der Waals surface area contributed by atoms with Crippen molar-refractivity contribution in [1.29, 1.82) is 0 Å². The predicted octanol–water partition coefficient (Wildman–Crippen LogP) is 1.03. The molecule has 116 valence electrons. The van der Waals surface area contributed by atoms with Gasteiger partial charge in [0.25, 0.3) is 11.5 Å². The largest absolute Gasteiger partial charge is 0.396 e. The van der Waals surface area contributed by atoms with Gasteiger partial charge in [-0.25, -0.2) is 4.68 Å². The molecule has 0 saturated heterocycles. The summed E-state index contributed by atoms with van der Waals surface area (Å²) in [6.45, 7) is 3.08. The molecule has 0 bridgehead atoms. The summed E-state index contributed by atoms with van der Waals surface area (Å²) in [5, 5.41) is 13.2. The highest BCUT2D eigenvalue weighted by molar-refractivity contribution is 5.92. The van der Waals surface area contributed by atoms with E-state index in [-0.39, 0.29) is 24.1 Å². The molecule has 1 aromatic rings. The van der Waals surface area contributed by atoms with Crippen LogP contribution in [0.1, 0.15) is 49.5 Å². The molecule has 21 heavy (non-hydrogen) atoms. The van der Waals surface area contributed by atoms with Crippen molar-refractivity contribution in [3.63, 3.8) is 0 Å². The molecule has 1 aliphatic rings. The number of aliphatic hydroxyl groups is 1. The standard InChI is InChI=1S/C15H23N3O3/c1-2-9-18-14(20)8-7-13(16-18)15(21)17(10-4-11-19)12-5-3-6-12/h7-8,12,19H,2-6,9-11H2,1H3. The van der Waals surface area contributed by atoms with Crippen LogP contribution in [-0.4, -0.2) is 44.9 Å². The van der Waals surface area contributed by atoms with Crippen molar-refractivity contribution in [2.75, 3.05) is 13.2 Å². The van der Waals surface area contributed by atoms with Crippen LogP contribution in [0.4, 0.5) is 0 Å². The molecule has 1 aromatic heterocycles. The molecule has 0 aliphatic heterocycles. The molecule has 0 radical (unpaired) electrons. The number of rotatable bonds is 7. The highest BCUT2D eigenvalue weighted by Gasteiger charge is 2.29. The molecular weight excluding hydrogens is 270 g/mol. The number of hydrogen-bond acceptors (Lipinski definition) is 4. The lowest BCUT2D eigenvalue weighted by molar-refractivity contribution is 0.0553. The number of aliphatic hydroxyl groups excluding tert-OH is 1. The molecule has 0 unspecified atom stereocenters. The molecule has 1 heterocycles. The van der Waals surface area contributed by atoms with Gasteiger partial charge in [-0.2, -0.15) is 5.10 Å². The molecule has 0 atom stereocenters. The summed E-state index contributed by atoms with van der Waals surface area (Å²) >= 11 is 0. The molecule has 1 amide bonds. The van der Waals surface area contributed by atoms with Crippen LogP contribution < -0.4 is 5.56 Å². The summed E-state index contributed by atoms with van der Waals surface area (Å²) < 4.78 is 1.35. The Hall–Kier alpha value is -1.69. The van der Waals surface area contributed by atoms with E-state index in [4.69, 9.17) is 5.11 Å². The van der Waals surface area contributed by atoms with Crippen LogP contribution in [0, 0.1) is 0 Å². The molecule has 0 spiro atoms. The minimum absolute atomic E-state index is 0.0687. The smallest absolute Gasteiger partial charge is 0.274 e. The molecule has 1 aliphatic carbocycles. The summed E-state index contributed by atoms with van der Waals surface area (Å²) in [5.74, 6) is -0.141. The van der Waals surface area contributed by atoms with Crippen molar-refractivity contribution in [3.8, 4) is 0 Å². The van der Waals surface area contributed by atoms with E-state index in [2.05, 4.69) is 5.10 Å². The third-order valence-corrected chi connectivity index (χ3v) is 3.85. The van der Waals surface area contributed by atoms with E-state index in [9.17, 15) is 9.59 Å². The molecule has 1 saturated carbocycles. The van der Waals surface area contributed by atoms with Crippen LogP contribution >= 0.6 is 0 Å². The number of carbonyl (C=O) groups is 1. The summed E-state index contributed by atoms with van der Waals surface area (Å²) in [5.41, 5.74) is 0.131. The molecule has 1 N–H and O–H groups in total. The first kappa shape index (κ1) is 15.7. The molecule has 6 heteroatoms. The predicted molar refractivity (Wildman–Crippen MR) is 79.2 cm³/mol. The minimum atomic E-state index is -0.182. The first-order valence-electron chi connectivity index (χ1n) is 7.67. The Morgan fingerprint density at radius 3 is 2.81 bits per heavy atom. The average molecular weight is 293 g/mol. The normalized spacial score (nSPS) is 14.8. The summed E-state index contributed by atoms with van der Waals surface area (Å²) in [6, 6.07) is 3.15. The van der Waals surface area contributed by atoms with Gasteiger partial charge in [-0.15, -0.1) is 0 Å². The Morgan fingerprint density at radius 1 is 1.48 bits per heavy atom. The number of carbonyl (C=O) groups excluding carboxylic acids is 1. The lowest BCUT2D eigenvalue weighted by atomic mass is 9.91. The van der Waals surface area contributed by atoms with Crippen LogP contribution in [0.2, 0.25) is 0 Å². The number of hydrogen-bond donors (Lipinski definition) is 1. The number of aromatic nitrogens is 2. The highest BCUT2D eigenvalue weighted by Crippen LogP contribution is 2.26. The molecule has 1 fully saturated rings. The van der Waals surface area contributed by atoms with Gasteiger partial charge in [-0.1, -0.05) is 6.92 Å². The average Bonchev–Trinajstić information content (AvgIpc) is 2.43. The summed E-state index contributed by atoms with van der Waals surface area (Å²) in [6.07, 6.45) is 4.51. The third kappa shape index (κ3) is 3.69. The van der Waals surface area contributed by atoms with Gasteiger partial charge in [-0.05, 0) is 38.2 Å². The van der Waals surface area contributed by atoms with E-state index >= 15 is 0 Å². The highest BCUT2D eigenvalue weighted by atomic mass is 16.3. The monoisotopic (exact) mass is 293 g/mol. The van der Waals surface area contributed by atoms with Crippen LogP contribution in [0.5, 0.6) is 0 Å². The first-order chi connectivity index (χ1) is 10.2. The number of nitrogens with zero attached hydrogens (tertiary/aromatic N) is 3. The van der Waals surface area contributed by atoms with Crippen LogP contribution in [0.25, 0.3) is 0 Å². The Morgan fingerprint density at radius 2 is 2.24 bits per heavy atom. The van der Waals surface area contributed by atoms with Gasteiger partial charge in [0.2, 0.25) is 0 Å². The van der Waals surface area contributed by atoms with Crippen molar-refractivity contribution >= 4 is 5.91 Å². The maximum absolute atomic E-state index is 12.6. The van der Waals surface area contributed by atoms with E-state index in [1.165, 1.54) is 16.8 Å². The van der Waals surface area contributed by atoms with E-state index in [0.29, 0.717) is 25.2 Å². The van der Waals surface area contributed by atoms with Gasteiger partial charge in [-0.3, -0.25) is 9.59 Å². The van der Waals surface area contributed by atoms with Crippen molar-refractivity contribution in [3.05, 3.63) is 28.2 Å². The minimum Gasteiger partial charge on any atom is -0.396 e.